The minimum atomic E-state index is -3.74. The molecule has 3 aromatic rings. The number of sulfonamides is 1. The van der Waals surface area contributed by atoms with E-state index in [0.717, 1.165) is 10.8 Å². The lowest BCUT2D eigenvalue weighted by molar-refractivity contribution is 0.0672. The van der Waals surface area contributed by atoms with Gasteiger partial charge >= 0.3 is 0 Å². The van der Waals surface area contributed by atoms with Crippen molar-refractivity contribution in [1.82, 2.24) is 20.2 Å². The summed E-state index contributed by atoms with van der Waals surface area (Å²) in [7, 11) is -2.21. The van der Waals surface area contributed by atoms with Crippen molar-refractivity contribution in [2.75, 3.05) is 25.1 Å². The summed E-state index contributed by atoms with van der Waals surface area (Å²) in [5.74, 6) is -0.314. The van der Waals surface area contributed by atoms with Gasteiger partial charge in [-0.1, -0.05) is 30.3 Å². The summed E-state index contributed by atoms with van der Waals surface area (Å²) in [5, 5.41) is 10.5. The molecule has 0 radical (unpaired) electrons. The van der Waals surface area contributed by atoms with Gasteiger partial charge in [0.25, 0.3) is 5.91 Å². The second-order valence-corrected chi connectivity index (χ2v) is 9.17. The average Bonchev–Trinajstić information content (AvgIpc) is 2.83. The maximum atomic E-state index is 13.0. The van der Waals surface area contributed by atoms with Crippen molar-refractivity contribution in [3.8, 4) is 0 Å². The van der Waals surface area contributed by atoms with E-state index in [1.165, 1.54) is 25.0 Å². The van der Waals surface area contributed by atoms with E-state index in [1.54, 1.807) is 18.2 Å². The maximum absolute atomic E-state index is 13.0. The predicted molar refractivity (Wildman–Crippen MR) is 117 cm³/mol. The molecule has 1 aliphatic rings. The summed E-state index contributed by atoms with van der Waals surface area (Å²) in [4.78, 5) is 21.8. The number of carbonyl (C=O) groups excluding carboxylic acids is 1. The topological polar surface area (TPSA) is 134 Å². The lowest BCUT2D eigenvalue weighted by Crippen LogP contribution is -2.55. The molecule has 0 unspecified atom stereocenters. The number of ether oxygens (including phenoxy) is 1. The van der Waals surface area contributed by atoms with E-state index < -0.39 is 28.1 Å². The predicted octanol–water partition coefficient (Wildman–Crippen LogP) is 1.32. The van der Waals surface area contributed by atoms with Gasteiger partial charge in [-0.25, -0.2) is 28.6 Å². The van der Waals surface area contributed by atoms with Crippen LogP contribution in [-0.4, -0.2) is 61.8 Å². The number of nitrogens with zero attached hydrogens (tertiary/aromatic N) is 3. The molecule has 1 fully saturated rings. The number of amides is 1. The Morgan fingerprint density at radius 3 is 2.56 bits per heavy atom. The van der Waals surface area contributed by atoms with Crippen LogP contribution in [0.1, 0.15) is 16.8 Å². The molecule has 10 nitrogen and oxygen atoms in total. The molecule has 1 saturated heterocycles. The summed E-state index contributed by atoms with van der Waals surface area (Å²) in [6.07, 6.45) is 2.67. The van der Waals surface area contributed by atoms with Crippen LogP contribution in [0.5, 0.6) is 0 Å². The molecule has 2 heterocycles. The van der Waals surface area contributed by atoms with Crippen molar-refractivity contribution in [2.45, 2.75) is 23.5 Å². The minimum Gasteiger partial charge on any atom is -0.378 e. The minimum absolute atomic E-state index is 0.123. The first kappa shape index (κ1) is 22.1. The molecule has 2 atom stereocenters. The number of aromatic nitrogens is 2. The molecule has 168 valence electrons. The van der Waals surface area contributed by atoms with E-state index in [9.17, 15) is 13.2 Å². The van der Waals surface area contributed by atoms with Crippen LogP contribution in [0, 0.1) is 0 Å². The zero-order chi connectivity index (χ0) is 22.7. The largest absolute Gasteiger partial charge is 0.378 e. The highest BCUT2D eigenvalue weighted by Crippen LogP contribution is 2.22. The SMILES string of the molecule is CO[C@@H]1CN(c2ncc(C(=O)NO)cn2)CC[C@@H]1NS(=O)(=O)c1ccc2ccccc2c1. The van der Waals surface area contributed by atoms with Crippen LogP contribution in [-0.2, 0) is 14.8 Å². The third-order valence-corrected chi connectivity index (χ3v) is 6.97. The van der Waals surface area contributed by atoms with Crippen molar-refractivity contribution >= 4 is 32.7 Å². The maximum Gasteiger partial charge on any atom is 0.277 e. The number of rotatable bonds is 6. The Morgan fingerprint density at radius 2 is 1.88 bits per heavy atom. The fraction of sp³-hybridized carbons (Fsp3) is 0.286. The number of anilines is 1. The first-order valence-electron chi connectivity index (χ1n) is 9.96. The van der Waals surface area contributed by atoms with Gasteiger partial charge in [0, 0.05) is 32.6 Å². The number of fused-ring (bicyclic) bond motifs is 1. The summed E-state index contributed by atoms with van der Waals surface area (Å²) in [5.41, 5.74) is 1.65. The van der Waals surface area contributed by atoms with Crippen LogP contribution >= 0.6 is 0 Å². The average molecular weight is 458 g/mol. The van der Waals surface area contributed by atoms with E-state index in [0.29, 0.717) is 25.5 Å². The molecule has 0 spiro atoms. The first-order chi connectivity index (χ1) is 15.4. The van der Waals surface area contributed by atoms with Crippen LogP contribution in [0.4, 0.5) is 5.95 Å². The molecule has 0 bridgehead atoms. The van der Waals surface area contributed by atoms with Gasteiger partial charge in [-0.05, 0) is 29.3 Å². The normalized spacial score (nSPS) is 19.1. The molecule has 1 aromatic heterocycles. The smallest absolute Gasteiger partial charge is 0.277 e. The van der Waals surface area contributed by atoms with E-state index in [1.807, 2.05) is 29.2 Å². The number of hydrogen-bond donors (Lipinski definition) is 3. The van der Waals surface area contributed by atoms with Crippen LogP contribution in [0.3, 0.4) is 0 Å². The van der Waals surface area contributed by atoms with Crippen LogP contribution in [0.25, 0.3) is 10.8 Å². The second kappa shape index (κ2) is 9.17. The summed E-state index contributed by atoms with van der Waals surface area (Å²) in [6, 6.07) is 12.2. The Hall–Kier alpha value is -3.12. The van der Waals surface area contributed by atoms with Crippen LogP contribution in [0.2, 0.25) is 0 Å². The zero-order valence-corrected chi connectivity index (χ0v) is 18.1. The number of carbonyl (C=O) groups is 1. The van der Waals surface area contributed by atoms with Gasteiger partial charge in [0.15, 0.2) is 0 Å². The van der Waals surface area contributed by atoms with Gasteiger partial charge < -0.3 is 9.64 Å². The molecular weight excluding hydrogens is 434 g/mol. The fourth-order valence-electron chi connectivity index (χ4n) is 3.74. The number of nitrogens with one attached hydrogen (secondary N) is 2. The lowest BCUT2D eigenvalue weighted by atomic mass is 10.0. The lowest BCUT2D eigenvalue weighted by Gasteiger charge is -2.37. The molecule has 1 aliphatic heterocycles. The number of piperidine rings is 1. The molecule has 0 saturated carbocycles. The van der Waals surface area contributed by atoms with E-state index in [2.05, 4.69) is 14.7 Å². The van der Waals surface area contributed by atoms with E-state index >= 15 is 0 Å². The Morgan fingerprint density at radius 1 is 1.16 bits per heavy atom. The standard InChI is InChI=1S/C21H23N5O5S/c1-31-19-13-26(21-22-11-16(12-23-21)20(27)24-28)9-8-18(19)25-32(29,30)17-7-6-14-4-2-3-5-15(14)10-17/h2-7,10-12,18-19,25,28H,8-9,13H2,1H3,(H,24,27)/t18-,19+/m0/s1. The first-order valence-corrected chi connectivity index (χ1v) is 11.4. The van der Waals surface area contributed by atoms with Gasteiger partial charge in [0.05, 0.1) is 22.6 Å². The second-order valence-electron chi connectivity index (χ2n) is 7.46. The van der Waals surface area contributed by atoms with Gasteiger partial charge in [0.1, 0.15) is 0 Å². The van der Waals surface area contributed by atoms with Crippen molar-refractivity contribution in [1.29, 1.82) is 0 Å². The highest BCUT2D eigenvalue weighted by Gasteiger charge is 2.33. The highest BCUT2D eigenvalue weighted by atomic mass is 32.2. The monoisotopic (exact) mass is 457 g/mol. The van der Waals surface area contributed by atoms with E-state index in [-0.39, 0.29) is 10.5 Å². The Bertz CT molecular complexity index is 1220. The molecule has 32 heavy (non-hydrogen) atoms. The third-order valence-electron chi connectivity index (χ3n) is 5.48. The molecular formula is C21H23N5O5S. The van der Waals surface area contributed by atoms with Gasteiger partial charge in [0.2, 0.25) is 16.0 Å². The highest BCUT2D eigenvalue weighted by molar-refractivity contribution is 7.89. The number of hydrogen-bond acceptors (Lipinski definition) is 8. The Balaban J connectivity index is 1.47. The van der Waals surface area contributed by atoms with Gasteiger partial charge in [-0.2, -0.15) is 0 Å². The summed E-state index contributed by atoms with van der Waals surface area (Å²) < 4.78 is 34.4. The molecule has 2 aromatic carbocycles. The fourth-order valence-corrected chi connectivity index (χ4v) is 5.07. The summed E-state index contributed by atoms with van der Waals surface area (Å²) >= 11 is 0. The van der Waals surface area contributed by atoms with Crippen LogP contribution in [0.15, 0.2) is 59.8 Å². The summed E-state index contributed by atoms with van der Waals surface area (Å²) in [6.45, 7) is 0.864. The van der Waals surface area contributed by atoms with Crippen molar-refractivity contribution in [3.63, 3.8) is 0 Å². The molecule has 0 aliphatic carbocycles. The van der Waals surface area contributed by atoms with Crippen molar-refractivity contribution < 1.29 is 23.2 Å². The Kier molecular flexibility index (Phi) is 6.33. The van der Waals surface area contributed by atoms with Gasteiger partial charge in [-0.3, -0.25) is 10.0 Å². The molecule has 3 N–H and O–H groups in total. The molecule has 1 amide bonds. The number of methoxy groups -OCH3 is 1. The Labute approximate surface area is 185 Å². The van der Waals surface area contributed by atoms with E-state index in [4.69, 9.17) is 9.94 Å². The number of hydroxylamine groups is 1. The van der Waals surface area contributed by atoms with Crippen molar-refractivity contribution in [3.05, 3.63) is 60.4 Å². The van der Waals surface area contributed by atoms with Crippen molar-refractivity contribution in [2.24, 2.45) is 0 Å². The third kappa shape index (κ3) is 4.55. The van der Waals surface area contributed by atoms with Gasteiger partial charge in [-0.15, -0.1) is 0 Å². The molecule has 11 heteroatoms. The molecule has 4 rings (SSSR count). The van der Waals surface area contributed by atoms with Crippen LogP contribution < -0.4 is 15.1 Å². The number of benzene rings is 2. The quantitative estimate of drug-likeness (QED) is 0.373. The zero-order valence-electron chi connectivity index (χ0n) is 17.3.